The number of carbonyl (C=O) groups excluding carboxylic acids is 5. The van der Waals surface area contributed by atoms with E-state index < -0.39 is 66.3 Å². The average Bonchev–Trinajstić information content (AvgIpc) is 2.64. The van der Waals surface area contributed by atoms with Crippen LogP contribution < -0.4 is 0 Å². The number of ketones is 1. The van der Waals surface area contributed by atoms with Gasteiger partial charge < -0.3 is 34.3 Å². The lowest BCUT2D eigenvalue weighted by molar-refractivity contribution is -0.161. The van der Waals surface area contributed by atoms with Crippen LogP contribution >= 0.6 is 0 Å². The first-order valence-corrected chi connectivity index (χ1v) is 11.8. The number of hydrogen-bond acceptors (Lipinski definition) is 12. The number of Topliss-reactive ketones (excluding diaryl/α,β-unsaturated/α-hetero) is 1. The molecule has 0 bridgehead atoms. The summed E-state index contributed by atoms with van der Waals surface area (Å²) in [6, 6.07) is 0. The highest BCUT2D eigenvalue weighted by molar-refractivity contribution is 5.94. The zero-order chi connectivity index (χ0) is 30.0. The van der Waals surface area contributed by atoms with Crippen molar-refractivity contribution in [1.82, 2.24) is 0 Å². The summed E-state index contributed by atoms with van der Waals surface area (Å²) in [6.45, 7) is 8.64. The molecule has 0 aromatic carbocycles. The largest absolute Gasteiger partial charge is 0.481 e. The predicted molar refractivity (Wildman–Crippen MR) is 128 cm³/mol. The Kier molecular flexibility index (Phi) is 18.8. The second-order valence-corrected chi connectivity index (χ2v) is 8.74. The Morgan fingerprint density at radius 1 is 0.526 bits per heavy atom. The minimum Gasteiger partial charge on any atom is -0.481 e. The van der Waals surface area contributed by atoms with Crippen LogP contribution in [0.5, 0.6) is 0 Å². The van der Waals surface area contributed by atoms with Gasteiger partial charge in [-0.05, 0) is 41.5 Å². The molecule has 0 aliphatic heterocycles. The van der Waals surface area contributed by atoms with Crippen LogP contribution in [0.25, 0.3) is 0 Å². The Hall–Kier alpha value is -3.55. The molecule has 38 heavy (non-hydrogen) atoms. The number of aliphatic carboxylic acids is 2. The van der Waals surface area contributed by atoms with E-state index >= 15 is 0 Å². The molecule has 0 aromatic rings. The minimum atomic E-state index is -1.07. The standard InChI is InChI=1S/C12H20O7.C12H18O7/c2*1-7(13)4-11(16)19-9(3)6-12(17)18-8(2)5-10(14)15/h7-9,13H,4-6H2,1-3H3,(H,14,15);8-9H,4-6H2,1-3H3,(H,14,15)/t7-,8-,9-;8-,9-/m11/s1. The van der Waals surface area contributed by atoms with Gasteiger partial charge in [0.1, 0.15) is 36.6 Å². The van der Waals surface area contributed by atoms with E-state index in [1.54, 1.807) is 0 Å². The van der Waals surface area contributed by atoms with Crippen molar-refractivity contribution in [3.8, 4) is 0 Å². The molecule has 0 aliphatic rings. The smallest absolute Gasteiger partial charge is 0.313 e. The average molecular weight is 551 g/mol. The first kappa shape index (κ1) is 36.6. The molecule has 0 rings (SSSR count). The third-order valence-electron chi connectivity index (χ3n) is 4.02. The topological polar surface area (TPSA) is 217 Å². The van der Waals surface area contributed by atoms with E-state index in [4.69, 9.17) is 34.3 Å². The first-order valence-electron chi connectivity index (χ1n) is 11.8. The Balaban J connectivity index is 0. The second kappa shape index (κ2) is 19.5. The fourth-order valence-corrected chi connectivity index (χ4v) is 2.66. The van der Waals surface area contributed by atoms with E-state index in [-0.39, 0.29) is 44.3 Å². The van der Waals surface area contributed by atoms with Gasteiger partial charge in [-0.3, -0.25) is 33.6 Å². The molecule has 0 radical (unpaired) electrons. The van der Waals surface area contributed by atoms with Gasteiger partial charge in [-0.2, -0.15) is 0 Å². The highest BCUT2D eigenvalue weighted by Gasteiger charge is 2.20. The van der Waals surface area contributed by atoms with E-state index in [0.717, 1.165) is 0 Å². The van der Waals surface area contributed by atoms with Crippen molar-refractivity contribution >= 4 is 41.6 Å². The van der Waals surface area contributed by atoms with Gasteiger partial charge in [0.05, 0.1) is 38.2 Å². The summed E-state index contributed by atoms with van der Waals surface area (Å²) in [7, 11) is 0. The van der Waals surface area contributed by atoms with Crippen LogP contribution in [0, 0.1) is 0 Å². The lowest BCUT2D eigenvalue weighted by atomic mass is 10.2. The Morgan fingerprint density at radius 3 is 1.11 bits per heavy atom. The van der Waals surface area contributed by atoms with Crippen molar-refractivity contribution in [3.63, 3.8) is 0 Å². The highest BCUT2D eigenvalue weighted by atomic mass is 16.6. The van der Waals surface area contributed by atoms with E-state index in [2.05, 4.69) is 0 Å². The summed E-state index contributed by atoms with van der Waals surface area (Å²) >= 11 is 0. The number of carboxylic acids is 2. The molecule has 0 saturated heterocycles. The van der Waals surface area contributed by atoms with Crippen molar-refractivity contribution in [1.29, 1.82) is 0 Å². The second-order valence-electron chi connectivity index (χ2n) is 8.74. The molecular formula is C24H38O14. The first-order chi connectivity index (χ1) is 17.4. The van der Waals surface area contributed by atoms with Crippen molar-refractivity contribution in [2.45, 2.75) is 111 Å². The number of hydrogen-bond donors (Lipinski definition) is 3. The fourth-order valence-electron chi connectivity index (χ4n) is 2.66. The molecule has 0 amide bonds. The molecule has 14 heteroatoms. The Labute approximate surface area is 220 Å². The van der Waals surface area contributed by atoms with Crippen LogP contribution in [0.2, 0.25) is 0 Å². The number of ether oxygens (including phenoxy) is 4. The van der Waals surface area contributed by atoms with Gasteiger partial charge in [0, 0.05) is 0 Å². The Bertz CT molecular complexity index is 819. The number of aliphatic hydroxyl groups is 1. The van der Waals surface area contributed by atoms with Crippen molar-refractivity contribution in [2.75, 3.05) is 0 Å². The molecule has 14 nitrogen and oxygen atoms in total. The van der Waals surface area contributed by atoms with Crippen LogP contribution in [-0.4, -0.2) is 87.4 Å². The summed E-state index contributed by atoms with van der Waals surface area (Å²) in [5.41, 5.74) is 0. The lowest BCUT2D eigenvalue weighted by Gasteiger charge is -2.15. The molecule has 0 unspecified atom stereocenters. The number of esters is 4. The summed E-state index contributed by atoms with van der Waals surface area (Å²) in [6.07, 6.45) is -5.08. The predicted octanol–water partition coefficient (Wildman–Crippen LogP) is 1.18. The molecule has 5 atom stereocenters. The lowest BCUT2D eigenvalue weighted by Crippen LogP contribution is -2.24. The maximum Gasteiger partial charge on any atom is 0.313 e. The molecular weight excluding hydrogens is 512 g/mol. The third kappa shape index (κ3) is 24.2. The molecule has 3 N–H and O–H groups in total. The highest BCUT2D eigenvalue weighted by Crippen LogP contribution is 2.07. The molecule has 0 aliphatic carbocycles. The zero-order valence-corrected chi connectivity index (χ0v) is 22.5. The minimum absolute atomic E-state index is 0.144. The molecule has 0 spiro atoms. The van der Waals surface area contributed by atoms with Gasteiger partial charge in [0.25, 0.3) is 0 Å². The Morgan fingerprint density at radius 2 is 0.816 bits per heavy atom. The molecule has 0 aromatic heterocycles. The van der Waals surface area contributed by atoms with Crippen molar-refractivity contribution in [2.24, 2.45) is 0 Å². The number of carboxylic acid groups (broad SMARTS) is 2. The molecule has 0 fully saturated rings. The van der Waals surface area contributed by atoms with Crippen molar-refractivity contribution in [3.05, 3.63) is 0 Å². The van der Waals surface area contributed by atoms with Gasteiger partial charge in [-0.15, -0.1) is 0 Å². The van der Waals surface area contributed by atoms with Gasteiger partial charge >= 0.3 is 35.8 Å². The zero-order valence-electron chi connectivity index (χ0n) is 22.5. The van der Waals surface area contributed by atoms with Crippen LogP contribution in [0.1, 0.15) is 80.1 Å². The van der Waals surface area contributed by atoms with Gasteiger partial charge in [0.15, 0.2) is 0 Å². The molecule has 0 saturated carbocycles. The maximum atomic E-state index is 11.4. The SMILES string of the molecule is CC(=O)CC(=O)O[C@H](C)CC(=O)O[C@H](C)CC(=O)O.C[C@H](CC(=O)O)OC(=O)C[C@@H](C)OC(=O)C[C@@H](C)O. The summed E-state index contributed by atoms with van der Waals surface area (Å²) in [5.74, 6) is -5.05. The van der Waals surface area contributed by atoms with E-state index in [1.165, 1.54) is 41.5 Å². The van der Waals surface area contributed by atoms with Crippen LogP contribution in [0.3, 0.4) is 0 Å². The third-order valence-corrected chi connectivity index (χ3v) is 4.02. The van der Waals surface area contributed by atoms with Crippen LogP contribution in [0.4, 0.5) is 0 Å². The normalized spacial score (nSPS) is 14.2. The maximum absolute atomic E-state index is 11.4. The van der Waals surface area contributed by atoms with E-state index in [1.807, 2.05) is 0 Å². The summed E-state index contributed by atoms with van der Waals surface area (Å²) in [5, 5.41) is 26.0. The number of aliphatic hydroxyl groups excluding tert-OH is 1. The molecule has 0 heterocycles. The number of carbonyl (C=O) groups is 7. The van der Waals surface area contributed by atoms with Crippen molar-refractivity contribution < 1.29 is 67.8 Å². The van der Waals surface area contributed by atoms with E-state index in [0.29, 0.717) is 0 Å². The summed E-state index contributed by atoms with van der Waals surface area (Å²) < 4.78 is 19.3. The van der Waals surface area contributed by atoms with E-state index in [9.17, 15) is 33.6 Å². The number of rotatable bonds is 16. The van der Waals surface area contributed by atoms with Gasteiger partial charge in [-0.1, -0.05) is 0 Å². The quantitative estimate of drug-likeness (QED) is 0.140. The van der Waals surface area contributed by atoms with Crippen LogP contribution in [0.15, 0.2) is 0 Å². The molecule has 218 valence electrons. The summed E-state index contributed by atoms with van der Waals surface area (Å²) in [4.78, 5) is 76.5. The van der Waals surface area contributed by atoms with Gasteiger partial charge in [0.2, 0.25) is 0 Å². The monoisotopic (exact) mass is 550 g/mol. The van der Waals surface area contributed by atoms with Gasteiger partial charge in [-0.25, -0.2) is 0 Å². The fraction of sp³-hybridized carbons (Fsp3) is 0.708. The van der Waals surface area contributed by atoms with Crippen LogP contribution in [-0.2, 0) is 52.5 Å².